The van der Waals surface area contributed by atoms with E-state index in [2.05, 4.69) is 60.0 Å². The van der Waals surface area contributed by atoms with E-state index in [4.69, 9.17) is 0 Å². The molecule has 0 fully saturated rings. The summed E-state index contributed by atoms with van der Waals surface area (Å²) in [4.78, 5) is 0. The average Bonchev–Trinajstić information content (AvgIpc) is 2.63. The summed E-state index contributed by atoms with van der Waals surface area (Å²) < 4.78 is 59.2. The standard InChI is InChI=1S/C5H5.3C3H9P.F6P.Ru/c1-2-4-5-3-1;3*1-4(2)3;1-7(2,3,4,5)6;/h1-5H;3*1-3H3;;/q;;;;-1;+1. The van der Waals surface area contributed by atoms with Crippen LogP contribution in [0.25, 0.3) is 0 Å². The number of rotatable bonds is 0. The van der Waals surface area contributed by atoms with E-state index in [-0.39, 0.29) is 19.5 Å². The Morgan fingerprint density at radius 2 is 0.600 bits per heavy atom. The molecule has 11 heteroatoms. The fourth-order valence-electron chi connectivity index (χ4n) is 0.321. The van der Waals surface area contributed by atoms with E-state index in [0.29, 0.717) is 23.8 Å². The molecule has 25 heavy (non-hydrogen) atoms. The van der Waals surface area contributed by atoms with Gasteiger partial charge in [0, 0.05) is 6.42 Å². The third-order valence-electron chi connectivity index (χ3n) is 0.556. The van der Waals surface area contributed by atoms with Crippen LogP contribution in [0.1, 0.15) is 0 Å². The first kappa shape index (κ1) is 37.2. The van der Waals surface area contributed by atoms with Gasteiger partial charge in [-0.05, 0) is 60.0 Å². The van der Waals surface area contributed by atoms with Gasteiger partial charge in [0.2, 0.25) is 0 Å². The summed E-state index contributed by atoms with van der Waals surface area (Å²) in [7, 11) is -9.52. The van der Waals surface area contributed by atoms with Crippen LogP contribution in [-0.2, 0) is 19.5 Å². The molecule has 0 saturated heterocycles. The molecule has 0 aromatic heterocycles. The molecule has 1 aliphatic carbocycles. The Hall–Kier alpha value is 1.40. The zero-order valence-corrected chi connectivity index (χ0v) is 21.6. The predicted octanol–water partition coefficient (Wildman–Crippen LogP) is 8.77. The van der Waals surface area contributed by atoms with Crippen molar-refractivity contribution in [1.82, 2.24) is 0 Å². The molecule has 0 aromatic rings. The van der Waals surface area contributed by atoms with E-state index in [1.54, 1.807) is 0 Å². The van der Waals surface area contributed by atoms with Gasteiger partial charge in [0.1, 0.15) is 0 Å². The third-order valence-corrected chi connectivity index (χ3v) is 0.556. The van der Waals surface area contributed by atoms with E-state index in [1.807, 2.05) is 30.7 Å². The van der Waals surface area contributed by atoms with Crippen LogP contribution in [0, 0.1) is 6.42 Å². The molecule has 0 aliphatic heterocycles. The number of hydrogen-bond acceptors (Lipinski definition) is 0. The van der Waals surface area contributed by atoms with E-state index < -0.39 is 7.81 Å². The molecule has 2 radical (unpaired) electrons. The Morgan fingerprint density at radius 1 is 0.480 bits per heavy atom. The van der Waals surface area contributed by atoms with Crippen molar-refractivity contribution in [2.45, 2.75) is 0 Å². The van der Waals surface area contributed by atoms with Crippen LogP contribution < -0.4 is 0 Å². The first-order chi connectivity index (χ1) is 10.1. The van der Waals surface area contributed by atoms with E-state index in [9.17, 15) is 25.2 Å². The van der Waals surface area contributed by atoms with Crippen molar-refractivity contribution < 1.29 is 44.7 Å². The molecule has 0 spiro atoms. The second kappa shape index (κ2) is 16.4. The van der Waals surface area contributed by atoms with E-state index in [1.165, 1.54) is 0 Å². The van der Waals surface area contributed by atoms with Gasteiger partial charge in [0.05, 0.1) is 0 Å². The summed E-state index contributed by atoms with van der Waals surface area (Å²) in [6, 6.07) is 0. The van der Waals surface area contributed by atoms with Crippen molar-refractivity contribution in [3.8, 4) is 0 Å². The molecule has 1 rings (SSSR count). The molecular formula is C14H32F6P4Ru. The summed E-state index contributed by atoms with van der Waals surface area (Å²) in [5.41, 5.74) is 0. The van der Waals surface area contributed by atoms with Gasteiger partial charge in [0.25, 0.3) is 0 Å². The molecule has 0 atom stereocenters. The van der Waals surface area contributed by atoms with Gasteiger partial charge >= 0.3 is 52.5 Å². The van der Waals surface area contributed by atoms with E-state index >= 15 is 0 Å². The number of allylic oxidation sites excluding steroid dienone is 4. The molecule has 0 aromatic carbocycles. The molecule has 1 aliphatic rings. The molecule has 0 unspecified atom stereocenters. The maximum absolute atomic E-state index is 10.7. The monoisotopic (exact) mass is 540 g/mol. The summed E-state index contributed by atoms with van der Waals surface area (Å²) in [6.45, 7) is 20.1. The smallest absolute Gasteiger partial charge is 0.0767 e. The van der Waals surface area contributed by atoms with Gasteiger partial charge < -0.3 is 0 Å². The minimum absolute atomic E-state index is 0. The molecule has 0 saturated carbocycles. The Bertz CT molecular complexity index is 293. The largest absolute Gasteiger partial charge is 1.00 e. The molecule has 158 valence electrons. The molecule has 0 nitrogen and oxygen atoms in total. The van der Waals surface area contributed by atoms with Crippen molar-refractivity contribution in [2.75, 3.05) is 60.0 Å². The SMILES string of the molecule is CP(C)C.CP(C)C.CP(C)C.F[P-](F)(F)(F)(F)F.[CH]1C=CC=C1.[Ru+]. The molecule has 0 bridgehead atoms. The molecule has 0 heterocycles. The van der Waals surface area contributed by atoms with Crippen molar-refractivity contribution in [2.24, 2.45) is 0 Å². The quantitative estimate of drug-likeness (QED) is 0.164. The first-order valence-electron chi connectivity index (χ1n) is 6.71. The van der Waals surface area contributed by atoms with Crippen LogP contribution in [0.3, 0.4) is 0 Å². The summed E-state index contributed by atoms with van der Waals surface area (Å²) >= 11 is 0. The molecule has 0 amide bonds. The maximum Gasteiger partial charge on any atom is 1.00 e. The van der Waals surface area contributed by atoms with Gasteiger partial charge in [-0.3, -0.25) is 0 Å². The van der Waals surface area contributed by atoms with Crippen LogP contribution in [0.15, 0.2) is 24.3 Å². The number of hydrogen-bond donors (Lipinski definition) is 0. The van der Waals surface area contributed by atoms with Gasteiger partial charge in [-0.1, -0.05) is 24.3 Å². The zero-order chi connectivity index (χ0) is 20.7. The van der Waals surface area contributed by atoms with Crippen molar-refractivity contribution >= 4 is 31.6 Å². The Kier molecular flexibility index (Phi) is 24.3. The topological polar surface area (TPSA) is 0 Å². The van der Waals surface area contributed by atoms with Crippen molar-refractivity contribution in [3.63, 3.8) is 0 Å². The van der Waals surface area contributed by atoms with Crippen LogP contribution in [-0.4, -0.2) is 60.0 Å². The van der Waals surface area contributed by atoms with Gasteiger partial charge in [-0.2, -0.15) is 0 Å². The number of halogens is 6. The normalized spacial score (nSPS) is 14.3. The second-order valence-electron chi connectivity index (χ2n) is 5.95. The summed E-state index contributed by atoms with van der Waals surface area (Å²) in [5.74, 6) is 0. The van der Waals surface area contributed by atoms with Crippen LogP contribution in [0.5, 0.6) is 0 Å². The minimum Gasteiger partial charge on any atom is -0.0767 e. The Morgan fingerprint density at radius 3 is 0.640 bits per heavy atom. The minimum atomic E-state index is -10.7. The van der Waals surface area contributed by atoms with Crippen LogP contribution in [0.4, 0.5) is 25.2 Å². The Labute approximate surface area is 166 Å². The predicted molar refractivity (Wildman–Crippen MR) is 110 cm³/mol. The van der Waals surface area contributed by atoms with Gasteiger partial charge in [-0.25, -0.2) is 0 Å². The fraction of sp³-hybridized carbons (Fsp3) is 0.643. The summed E-state index contributed by atoms with van der Waals surface area (Å²) in [5, 5.41) is 0. The zero-order valence-electron chi connectivity index (χ0n) is 16.3. The third kappa shape index (κ3) is 339. The second-order valence-corrected chi connectivity index (χ2v) is 15.9. The maximum atomic E-state index is 9.87. The fourth-order valence-corrected chi connectivity index (χ4v) is 0.321. The first-order valence-corrected chi connectivity index (χ1v) is 16.8. The Balaban J connectivity index is -0.0000000675. The van der Waals surface area contributed by atoms with Gasteiger partial charge in [0.15, 0.2) is 0 Å². The van der Waals surface area contributed by atoms with E-state index in [0.717, 1.165) is 0 Å². The van der Waals surface area contributed by atoms with Crippen LogP contribution >= 0.6 is 31.6 Å². The average molecular weight is 539 g/mol. The van der Waals surface area contributed by atoms with Gasteiger partial charge in [-0.15, -0.1) is 23.8 Å². The summed E-state index contributed by atoms with van der Waals surface area (Å²) in [6.07, 6.45) is 10.0. The van der Waals surface area contributed by atoms with Crippen molar-refractivity contribution in [1.29, 1.82) is 0 Å². The van der Waals surface area contributed by atoms with Crippen LogP contribution in [0.2, 0.25) is 0 Å². The van der Waals surface area contributed by atoms with Crippen molar-refractivity contribution in [3.05, 3.63) is 30.7 Å². The molecule has 0 N–H and O–H groups in total. The molecular weight excluding hydrogens is 507 g/mol.